The number of aromatic nitrogens is 1. The Morgan fingerprint density at radius 2 is 2.60 bits per heavy atom. The van der Waals surface area contributed by atoms with Crippen LogP contribution in [0.4, 0.5) is 5.82 Å². The summed E-state index contributed by atoms with van der Waals surface area (Å²) in [6.45, 7) is -6.63. The standard InChI is InChI=1S/C8H12N2/c1-6(2)7-4-3-5-8(9)10-7/h3-6H,1-2H3,(H2,9,10)/i1D3,2D3,3D,4D,5D,6D. The van der Waals surface area contributed by atoms with E-state index in [1.807, 2.05) is 0 Å². The van der Waals surface area contributed by atoms with E-state index in [-0.39, 0.29) is 0 Å². The summed E-state index contributed by atoms with van der Waals surface area (Å²) in [6.07, 6.45) is 0. The summed E-state index contributed by atoms with van der Waals surface area (Å²) >= 11 is 0. The molecule has 2 nitrogen and oxygen atoms in total. The molecule has 0 unspecified atom stereocenters. The fourth-order valence-electron chi connectivity index (χ4n) is 0.449. The summed E-state index contributed by atoms with van der Waals surface area (Å²) in [5, 5.41) is 0. The lowest BCUT2D eigenvalue weighted by atomic mass is 10.1. The van der Waals surface area contributed by atoms with Crippen molar-refractivity contribution in [2.24, 2.45) is 0 Å². The van der Waals surface area contributed by atoms with Crippen LogP contribution in [-0.2, 0) is 0 Å². The van der Waals surface area contributed by atoms with Crippen molar-refractivity contribution in [3.05, 3.63) is 23.8 Å². The zero-order valence-corrected chi connectivity index (χ0v) is 5.02. The molecular formula is C8H12N2. The number of hydrogen-bond donors (Lipinski definition) is 1. The van der Waals surface area contributed by atoms with Crippen molar-refractivity contribution in [3.63, 3.8) is 0 Å². The number of nitrogen functional groups attached to an aromatic ring is 1. The van der Waals surface area contributed by atoms with E-state index in [0.29, 0.717) is 0 Å². The lowest BCUT2D eigenvalue weighted by Gasteiger charge is -2.02. The third-order valence-electron chi connectivity index (χ3n) is 0.841. The second-order valence-electron chi connectivity index (χ2n) is 1.60. The molecule has 2 heteroatoms. The normalized spacial score (nSPS) is 28.4. The van der Waals surface area contributed by atoms with Crippen LogP contribution in [-0.4, -0.2) is 4.98 Å². The molecule has 0 radical (unpaired) electrons. The third-order valence-corrected chi connectivity index (χ3v) is 0.841. The summed E-state index contributed by atoms with van der Waals surface area (Å²) in [5.74, 6) is -3.79. The van der Waals surface area contributed by atoms with Gasteiger partial charge in [-0.15, -0.1) is 0 Å². The number of pyridine rings is 1. The van der Waals surface area contributed by atoms with Gasteiger partial charge < -0.3 is 5.73 Å². The second kappa shape index (κ2) is 2.69. The number of nitrogens with two attached hydrogens (primary N) is 1. The first kappa shape index (κ1) is 1.58. The number of anilines is 1. The van der Waals surface area contributed by atoms with Gasteiger partial charge in [0.15, 0.2) is 0 Å². The maximum absolute atomic E-state index is 7.86. The summed E-state index contributed by atoms with van der Waals surface area (Å²) in [5.41, 5.74) is 4.37. The predicted octanol–water partition coefficient (Wildman–Crippen LogP) is 1.79. The van der Waals surface area contributed by atoms with E-state index in [4.69, 9.17) is 19.4 Å². The molecule has 0 spiro atoms. The molecular weight excluding hydrogens is 124 g/mol. The molecule has 0 bridgehead atoms. The summed E-state index contributed by atoms with van der Waals surface area (Å²) in [4.78, 5) is 3.41. The maximum atomic E-state index is 7.86. The molecule has 0 atom stereocenters. The summed E-state index contributed by atoms with van der Waals surface area (Å²) < 4.78 is 74.0. The van der Waals surface area contributed by atoms with Gasteiger partial charge in [0.25, 0.3) is 0 Å². The fourth-order valence-corrected chi connectivity index (χ4v) is 0.449. The highest BCUT2D eigenvalue weighted by Crippen LogP contribution is 2.11. The molecule has 0 aromatic carbocycles. The highest BCUT2D eigenvalue weighted by atomic mass is 14.8. The number of hydrogen-bond acceptors (Lipinski definition) is 2. The van der Waals surface area contributed by atoms with Gasteiger partial charge in [0.1, 0.15) is 5.82 Å². The molecule has 1 heterocycles. The van der Waals surface area contributed by atoms with Crippen LogP contribution in [0.1, 0.15) is 39.0 Å². The molecule has 0 amide bonds. The molecule has 1 rings (SSSR count). The lowest BCUT2D eigenvalue weighted by Crippen LogP contribution is -1.95. The SMILES string of the molecule is [2H]c1c(N)nc(C([2H])(C([2H])([2H])[2H])C([2H])([2H])[2H])c([2H])c1[2H]. The summed E-state index contributed by atoms with van der Waals surface area (Å²) in [6, 6.07) is -2.28. The van der Waals surface area contributed by atoms with Gasteiger partial charge in [0.05, 0.1) is 4.11 Å². The Morgan fingerprint density at radius 3 is 3.30 bits per heavy atom. The molecule has 0 saturated carbocycles. The highest BCUT2D eigenvalue weighted by Gasteiger charge is 1.98. The molecule has 0 saturated heterocycles. The average molecular weight is 146 g/mol. The van der Waals surface area contributed by atoms with Crippen LogP contribution < -0.4 is 5.73 Å². The Morgan fingerprint density at radius 1 is 1.80 bits per heavy atom. The first-order chi connectivity index (χ1) is 8.75. The van der Waals surface area contributed by atoms with Gasteiger partial charge in [0.2, 0.25) is 0 Å². The van der Waals surface area contributed by atoms with E-state index in [0.717, 1.165) is 0 Å². The zero-order valence-electron chi connectivity index (χ0n) is 15.0. The minimum absolute atomic E-state index is 0.592. The van der Waals surface area contributed by atoms with Crippen molar-refractivity contribution in [1.29, 1.82) is 0 Å². The van der Waals surface area contributed by atoms with E-state index in [9.17, 15) is 0 Å². The molecule has 0 fully saturated rings. The number of rotatable bonds is 1. The first-order valence-electron chi connectivity index (χ1n) is 7.49. The van der Waals surface area contributed by atoms with E-state index < -0.39 is 49.2 Å². The molecule has 0 aliphatic carbocycles. The van der Waals surface area contributed by atoms with Gasteiger partial charge >= 0.3 is 0 Å². The molecule has 0 aliphatic rings. The van der Waals surface area contributed by atoms with Crippen LogP contribution in [0.2, 0.25) is 0 Å². The Labute approximate surface area is 75.1 Å². The monoisotopic (exact) mass is 146 g/mol. The van der Waals surface area contributed by atoms with Crippen LogP contribution in [0, 0.1) is 0 Å². The van der Waals surface area contributed by atoms with Crippen LogP contribution in [0.3, 0.4) is 0 Å². The van der Waals surface area contributed by atoms with E-state index in [1.54, 1.807) is 0 Å². The molecule has 0 aliphatic heterocycles. The Bertz CT molecular complexity index is 518. The van der Waals surface area contributed by atoms with Crippen LogP contribution in [0.15, 0.2) is 18.1 Å². The minimum atomic E-state index is -3.32. The van der Waals surface area contributed by atoms with Crippen LogP contribution >= 0.6 is 0 Å². The van der Waals surface area contributed by atoms with Crippen LogP contribution in [0.5, 0.6) is 0 Å². The number of nitrogens with zero attached hydrogens (tertiary/aromatic N) is 1. The lowest BCUT2D eigenvalue weighted by molar-refractivity contribution is 0.825. The predicted molar refractivity (Wildman–Crippen MR) is 42.7 cm³/mol. The molecule has 2 N–H and O–H groups in total. The first-order valence-corrected chi connectivity index (χ1v) is 2.49. The topological polar surface area (TPSA) is 38.9 Å². The smallest absolute Gasteiger partial charge is 0.123 e. The minimum Gasteiger partial charge on any atom is -0.384 e. The van der Waals surface area contributed by atoms with Gasteiger partial charge in [-0.25, -0.2) is 4.98 Å². The Balaban J connectivity index is 3.79. The van der Waals surface area contributed by atoms with E-state index in [1.165, 1.54) is 0 Å². The van der Waals surface area contributed by atoms with Gasteiger partial charge in [-0.05, 0) is 18.0 Å². The Hall–Kier alpha value is -1.05. The zero-order chi connectivity index (χ0) is 16.1. The van der Waals surface area contributed by atoms with Crippen molar-refractivity contribution >= 4 is 5.82 Å². The van der Waals surface area contributed by atoms with Crippen molar-refractivity contribution < 1.29 is 13.7 Å². The van der Waals surface area contributed by atoms with E-state index >= 15 is 0 Å². The second-order valence-corrected chi connectivity index (χ2v) is 1.60. The maximum Gasteiger partial charge on any atom is 0.123 e. The van der Waals surface area contributed by atoms with Crippen molar-refractivity contribution in [2.45, 2.75) is 19.6 Å². The van der Waals surface area contributed by atoms with Crippen molar-refractivity contribution in [3.8, 4) is 0 Å². The fraction of sp³-hybridized carbons (Fsp3) is 0.375. The summed E-state index contributed by atoms with van der Waals surface area (Å²) in [7, 11) is 0. The van der Waals surface area contributed by atoms with Gasteiger partial charge in [-0.3, -0.25) is 0 Å². The van der Waals surface area contributed by atoms with Gasteiger partial charge in [0, 0.05) is 15.3 Å². The van der Waals surface area contributed by atoms with Crippen molar-refractivity contribution in [2.75, 3.05) is 5.73 Å². The molecule has 10 heavy (non-hydrogen) atoms. The Kier molecular flexibility index (Phi) is 0.424. The van der Waals surface area contributed by atoms with E-state index in [2.05, 4.69) is 4.98 Å². The quantitative estimate of drug-likeness (QED) is 0.656. The van der Waals surface area contributed by atoms with Crippen molar-refractivity contribution in [1.82, 2.24) is 4.98 Å². The molecule has 1 aromatic heterocycles. The largest absolute Gasteiger partial charge is 0.384 e. The molecule has 54 valence electrons. The van der Waals surface area contributed by atoms with Crippen LogP contribution in [0.25, 0.3) is 0 Å². The molecule has 1 aromatic rings. The highest BCUT2D eigenvalue weighted by molar-refractivity contribution is 5.29. The average Bonchev–Trinajstić information content (AvgIpc) is 2.27. The van der Waals surface area contributed by atoms with Gasteiger partial charge in [-0.1, -0.05) is 19.7 Å². The van der Waals surface area contributed by atoms with Gasteiger partial charge in [-0.2, -0.15) is 0 Å². The third kappa shape index (κ3) is 1.47.